The first-order valence-electron chi connectivity index (χ1n) is 12.2. The fourth-order valence-corrected chi connectivity index (χ4v) is 3.99. The molecule has 0 amide bonds. The second-order valence-corrected chi connectivity index (χ2v) is 8.32. The van der Waals surface area contributed by atoms with Gasteiger partial charge in [0.15, 0.2) is 0 Å². The van der Waals surface area contributed by atoms with Gasteiger partial charge in [0, 0.05) is 63.1 Å². The van der Waals surface area contributed by atoms with E-state index in [2.05, 4.69) is 62.0 Å². The summed E-state index contributed by atoms with van der Waals surface area (Å²) in [5.74, 6) is 1.06. The van der Waals surface area contributed by atoms with Crippen LogP contribution in [0.2, 0.25) is 0 Å². The zero-order valence-electron chi connectivity index (χ0n) is 21.8. The van der Waals surface area contributed by atoms with Gasteiger partial charge in [-0.1, -0.05) is 25.3 Å². The van der Waals surface area contributed by atoms with Crippen molar-refractivity contribution in [1.29, 1.82) is 0 Å². The number of aromatic nitrogens is 2. The molecule has 4 rings (SSSR count). The molecule has 2 N–H and O–H groups in total. The highest BCUT2D eigenvalue weighted by molar-refractivity contribution is 5.84. The van der Waals surface area contributed by atoms with Gasteiger partial charge in [-0.3, -0.25) is 4.98 Å². The van der Waals surface area contributed by atoms with Crippen LogP contribution in [0.3, 0.4) is 0 Å². The lowest BCUT2D eigenvalue weighted by Crippen LogP contribution is -2.43. The quantitative estimate of drug-likeness (QED) is 0.548. The first-order chi connectivity index (χ1) is 17.5. The Morgan fingerprint density at radius 3 is 2.61 bits per heavy atom. The van der Waals surface area contributed by atoms with Crippen molar-refractivity contribution in [2.45, 2.75) is 20.8 Å². The second kappa shape index (κ2) is 13.2. The van der Waals surface area contributed by atoms with Crippen LogP contribution in [0.15, 0.2) is 84.6 Å². The number of nitrogens with zero attached hydrogens (tertiary/aromatic N) is 5. The van der Waals surface area contributed by atoms with E-state index in [0.29, 0.717) is 0 Å². The van der Waals surface area contributed by atoms with E-state index in [1.165, 1.54) is 0 Å². The van der Waals surface area contributed by atoms with E-state index in [1.54, 1.807) is 11.2 Å². The largest absolute Gasteiger partial charge is 0.387 e. The molecule has 2 aromatic rings. The number of anilines is 2. The number of rotatable bonds is 6. The Morgan fingerprint density at radius 2 is 1.97 bits per heavy atom. The van der Waals surface area contributed by atoms with Gasteiger partial charge in [-0.15, -0.1) is 0 Å². The van der Waals surface area contributed by atoms with E-state index >= 15 is 0 Å². The van der Waals surface area contributed by atoms with Crippen molar-refractivity contribution < 1.29 is 0 Å². The van der Waals surface area contributed by atoms with E-state index in [4.69, 9.17) is 0 Å². The van der Waals surface area contributed by atoms with Gasteiger partial charge >= 0.3 is 0 Å². The predicted molar refractivity (Wildman–Crippen MR) is 154 cm³/mol. The van der Waals surface area contributed by atoms with Crippen molar-refractivity contribution in [2.24, 2.45) is 5.10 Å². The Morgan fingerprint density at radius 1 is 1.19 bits per heavy atom. The zero-order chi connectivity index (χ0) is 25.9. The van der Waals surface area contributed by atoms with Gasteiger partial charge < -0.3 is 15.5 Å². The molecular weight excluding hydrogens is 446 g/mol. The normalized spacial score (nSPS) is 15.9. The van der Waals surface area contributed by atoms with Crippen LogP contribution in [-0.2, 0) is 0 Å². The molecule has 2 aromatic heterocycles. The highest BCUT2D eigenvalue weighted by atomic mass is 15.4. The molecule has 188 valence electrons. The number of aryl methyl sites for hydroxylation is 1. The monoisotopic (exact) mass is 483 g/mol. The molecule has 0 radical (unpaired) electrons. The topological polar surface area (TPSA) is 68.7 Å². The minimum absolute atomic E-state index is 0.838. The Hall–Kier alpha value is -3.97. The summed E-state index contributed by atoms with van der Waals surface area (Å²) in [6, 6.07) is 6.17. The van der Waals surface area contributed by atoms with Gasteiger partial charge in [-0.25, -0.2) is 9.99 Å². The number of allylic oxidation sites excluding steroid dienone is 5. The van der Waals surface area contributed by atoms with Crippen molar-refractivity contribution >= 4 is 29.4 Å². The van der Waals surface area contributed by atoms with Crippen LogP contribution < -0.4 is 15.5 Å². The molecule has 0 bridgehead atoms. The Labute approximate surface area is 215 Å². The summed E-state index contributed by atoms with van der Waals surface area (Å²) < 4.78 is 0. The summed E-state index contributed by atoms with van der Waals surface area (Å²) in [6.07, 6.45) is 15.4. The molecule has 4 heterocycles. The van der Waals surface area contributed by atoms with Crippen LogP contribution in [0.5, 0.6) is 0 Å². The molecule has 7 nitrogen and oxygen atoms in total. The maximum atomic E-state index is 4.47. The molecule has 2 aliphatic heterocycles. The Bertz CT molecular complexity index is 1180. The number of hydrogen-bond donors (Lipinski definition) is 2. The number of hydrogen-bond acceptors (Lipinski definition) is 7. The highest BCUT2D eigenvalue weighted by Gasteiger charge is 2.14. The molecular formula is C29H37N7. The Balaban J connectivity index is 0.000000221. The maximum Gasteiger partial charge on any atom is 0.129 e. The van der Waals surface area contributed by atoms with Gasteiger partial charge in [0.05, 0.1) is 17.6 Å². The second-order valence-electron chi connectivity index (χ2n) is 8.32. The van der Waals surface area contributed by atoms with E-state index in [1.807, 2.05) is 70.7 Å². The minimum Gasteiger partial charge on any atom is -0.387 e. The summed E-state index contributed by atoms with van der Waals surface area (Å²) >= 11 is 0. The van der Waals surface area contributed by atoms with E-state index < -0.39 is 0 Å². The van der Waals surface area contributed by atoms with Crippen LogP contribution in [0.1, 0.15) is 30.7 Å². The predicted octanol–water partition coefficient (Wildman–Crippen LogP) is 5.24. The third-order valence-electron chi connectivity index (χ3n) is 5.96. The lowest BCUT2D eigenvalue weighted by atomic mass is 9.94. The zero-order valence-corrected chi connectivity index (χ0v) is 21.8. The van der Waals surface area contributed by atoms with E-state index in [9.17, 15) is 0 Å². The minimum atomic E-state index is 0.838. The molecule has 2 aliphatic rings. The fourth-order valence-electron chi connectivity index (χ4n) is 3.99. The average Bonchev–Trinajstić information content (AvgIpc) is 2.92. The van der Waals surface area contributed by atoms with Gasteiger partial charge in [-0.05, 0) is 67.8 Å². The lowest BCUT2D eigenvalue weighted by Gasteiger charge is -2.28. The summed E-state index contributed by atoms with van der Waals surface area (Å²) in [7, 11) is 1.90. The average molecular weight is 484 g/mol. The van der Waals surface area contributed by atoms with Crippen LogP contribution >= 0.6 is 0 Å². The molecule has 0 saturated carbocycles. The smallest absolute Gasteiger partial charge is 0.129 e. The van der Waals surface area contributed by atoms with Gasteiger partial charge in [0.25, 0.3) is 0 Å². The molecule has 1 fully saturated rings. The van der Waals surface area contributed by atoms with E-state index in [0.717, 1.165) is 71.3 Å². The lowest BCUT2D eigenvalue weighted by molar-refractivity contribution is 0.514. The molecule has 0 spiro atoms. The van der Waals surface area contributed by atoms with Gasteiger partial charge in [0.1, 0.15) is 5.82 Å². The molecule has 0 atom stereocenters. The van der Waals surface area contributed by atoms with Crippen molar-refractivity contribution in [3.05, 3.63) is 96.3 Å². The fraction of sp³-hybridized carbons (Fsp3) is 0.276. The molecule has 1 saturated heterocycles. The summed E-state index contributed by atoms with van der Waals surface area (Å²) in [6.45, 7) is 17.9. The van der Waals surface area contributed by atoms with Crippen molar-refractivity contribution in [3.63, 3.8) is 0 Å². The SMILES string of the molecule is C=C1C=C(/C(=C/C)c2cc(NC)cnc2C)C=CN1/N=C\C.C=Cc1ccnc(N2CCNCC2)c1. The number of piperazine rings is 1. The van der Waals surface area contributed by atoms with Crippen LogP contribution in [0, 0.1) is 6.92 Å². The van der Waals surface area contributed by atoms with E-state index in [-0.39, 0.29) is 0 Å². The van der Waals surface area contributed by atoms with Crippen molar-refractivity contribution in [3.8, 4) is 0 Å². The molecule has 7 heteroatoms. The molecule has 0 unspecified atom stereocenters. The summed E-state index contributed by atoms with van der Waals surface area (Å²) in [5, 5.41) is 12.5. The third kappa shape index (κ3) is 6.79. The standard InChI is InChI=1S/C18H22N4.C11H15N3/c1-6-17(18-11-16(19-5)12-20-14(18)4)15-8-9-22(21-7-2)13(3)10-15;1-2-10-3-4-13-11(9-10)14-7-5-12-6-8-14/h6-12,19H,3H2,1-2,4-5H3;2-4,9,12H,1,5-8H2/b17-6-,21-7-;. The van der Waals surface area contributed by atoms with Crippen LogP contribution in [0.4, 0.5) is 11.5 Å². The maximum absolute atomic E-state index is 4.47. The Kier molecular flexibility index (Phi) is 9.77. The highest BCUT2D eigenvalue weighted by Crippen LogP contribution is 2.31. The number of pyridine rings is 2. The first-order valence-corrected chi connectivity index (χ1v) is 12.2. The third-order valence-corrected chi connectivity index (χ3v) is 5.96. The molecule has 0 aliphatic carbocycles. The summed E-state index contributed by atoms with van der Waals surface area (Å²) in [5.41, 5.74) is 7.33. The van der Waals surface area contributed by atoms with Crippen molar-refractivity contribution in [1.82, 2.24) is 20.3 Å². The van der Waals surface area contributed by atoms with Crippen LogP contribution in [0.25, 0.3) is 11.6 Å². The first kappa shape index (κ1) is 26.6. The van der Waals surface area contributed by atoms with Crippen LogP contribution in [-0.4, -0.2) is 54.4 Å². The molecule has 0 aromatic carbocycles. The van der Waals surface area contributed by atoms with Gasteiger partial charge in [0.2, 0.25) is 0 Å². The number of hydrazone groups is 1. The summed E-state index contributed by atoms with van der Waals surface area (Å²) in [4.78, 5) is 11.1. The van der Waals surface area contributed by atoms with Gasteiger partial charge in [-0.2, -0.15) is 5.10 Å². The van der Waals surface area contributed by atoms with Crippen molar-refractivity contribution in [2.75, 3.05) is 43.4 Å². The molecule has 36 heavy (non-hydrogen) atoms. The number of nitrogens with one attached hydrogen (secondary N) is 2.